The first-order valence-corrected chi connectivity index (χ1v) is 11.8. The minimum absolute atomic E-state index is 0.0409. The number of carbonyl (C=O) groups excluding carboxylic acids is 2. The molecule has 0 aromatic carbocycles. The van der Waals surface area contributed by atoms with Crippen molar-refractivity contribution in [3.8, 4) is 0 Å². The number of rotatable bonds is 3. The van der Waals surface area contributed by atoms with Gasteiger partial charge in [-0.2, -0.15) is 0 Å². The summed E-state index contributed by atoms with van der Waals surface area (Å²) in [7, 11) is 0. The molecular formula is C25H35NO3. The monoisotopic (exact) mass is 397 g/mol. The number of hydrogen-bond acceptors (Lipinski definition) is 4. The van der Waals surface area contributed by atoms with E-state index in [1.165, 1.54) is 32.6 Å². The van der Waals surface area contributed by atoms with Crippen molar-refractivity contribution in [2.75, 3.05) is 13.1 Å². The molecule has 9 atom stereocenters. The van der Waals surface area contributed by atoms with Gasteiger partial charge >= 0.3 is 5.97 Å². The third-order valence-electron chi connectivity index (χ3n) is 10.8. The number of piperidine rings is 1. The second-order valence-corrected chi connectivity index (χ2v) is 11.9. The van der Waals surface area contributed by atoms with E-state index < -0.39 is 5.60 Å². The molecular weight excluding hydrogens is 362 g/mol. The van der Waals surface area contributed by atoms with Gasteiger partial charge in [0.1, 0.15) is 11.4 Å². The molecule has 4 nitrogen and oxygen atoms in total. The van der Waals surface area contributed by atoms with Crippen molar-refractivity contribution < 1.29 is 14.3 Å². The number of ketones is 1. The zero-order chi connectivity index (χ0) is 20.4. The van der Waals surface area contributed by atoms with Gasteiger partial charge in [-0.25, -0.2) is 0 Å². The maximum atomic E-state index is 14.0. The Hall–Kier alpha value is -1.16. The van der Waals surface area contributed by atoms with Gasteiger partial charge in [0.05, 0.1) is 5.92 Å². The van der Waals surface area contributed by atoms with Gasteiger partial charge < -0.3 is 4.74 Å². The summed E-state index contributed by atoms with van der Waals surface area (Å²) >= 11 is 0. The van der Waals surface area contributed by atoms with E-state index in [1.54, 1.807) is 0 Å². The van der Waals surface area contributed by atoms with Crippen LogP contribution in [0.3, 0.4) is 0 Å². The summed E-state index contributed by atoms with van der Waals surface area (Å²) in [6, 6.07) is 0.380. The molecule has 0 radical (unpaired) electrons. The van der Waals surface area contributed by atoms with Crippen LogP contribution in [0.4, 0.5) is 0 Å². The summed E-state index contributed by atoms with van der Waals surface area (Å²) in [6.45, 7) is 12.2. The average Bonchev–Trinajstić information content (AvgIpc) is 2.70. The van der Waals surface area contributed by atoms with Gasteiger partial charge in [0.2, 0.25) is 0 Å². The molecule has 0 aromatic heterocycles. The van der Waals surface area contributed by atoms with Crippen LogP contribution < -0.4 is 0 Å². The first-order chi connectivity index (χ1) is 13.7. The van der Waals surface area contributed by atoms with Gasteiger partial charge in [-0.05, 0) is 73.5 Å². The van der Waals surface area contributed by atoms with Gasteiger partial charge in [-0.3, -0.25) is 14.5 Å². The molecule has 7 unspecified atom stereocenters. The Bertz CT molecular complexity index is 823. The summed E-state index contributed by atoms with van der Waals surface area (Å²) in [5.74, 6) is 1.59. The highest BCUT2D eigenvalue weighted by Gasteiger charge is 2.83. The van der Waals surface area contributed by atoms with Crippen molar-refractivity contribution in [2.45, 2.75) is 77.4 Å². The first-order valence-electron chi connectivity index (χ1n) is 11.8. The molecule has 6 bridgehead atoms. The van der Waals surface area contributed by atoms with Gasteiger partial charge in [-0.1, -0.05) is 19.4 Å². The van der Waals surface area contributed by atoms with Crippen LogP contribution in [0, 0.1) is 39.9 Å². The van der Waals surface area contributed by atoms with E-state index in [4.69, 9.17) is 4.74 Å². The lowest BCUT2D eigenvalue weighted by Gasteiger charge is -2.68. The molecule has 1 saturated heterocycles. The molecule has 7 fully saturated rings. The van der Waals surface area contributed by atoms with Crippen LogP contribution in [0.2, 0.25) is 0 Å². The Kier molecular flexibility index (Phi) is 3.44. The Morgan fingerprint density at radius 1 is 1.28 bits per heavy atom. The highest BCUT2D eigenvalue weighted by Crippen LogP contribution is 2.82. The zero-order valence-corrected chi connectivity index (χ0v) is 18.2. The van der Waals surface area contributed by atoms with Crippen molar-refractivity contribution in [2.24, 2.45) is 39.9 Å². The molecule has 0 aromatic rings. The molecule has 1 heterocycles. The number of Topliss-reactive ketones (excluding diaryl/α,β-unsaturated/α-hetero) is 1. The van der Waals surface area contributed by atoms with Crippen molar-refractivity contribution in [3.05, 3.63) is 12.7 Å². The maximum Gasteiger partial charge on any atom is 0.303 e. The zero-order valence-electron chi connectivity index (χ0n) is 18.2. The fraction of sp³-hybridized carbons (Fsp3) is 0.840. The number of likely N-dealkylation sites (tertiary alicyclic amines) is 1. The molecule has 4 heteroatoms. The van der Waals surface area contributed by atoms with E-state index >= 15 is 0 Å². The number of ether oxygens (including phenoxy) is 1. The molecule has 7 rings (SSSR count). The lowest BCUT2D eigenvalue weighted by molar-refractivity contribution is -0.221. The van der Waals surface area contributed by atoms with Crippen LogP contribution in [0.15, 0.2) is 12.7 Å². The van der Waals surface area contributed by atoms with Crippen LogP contribution in [-0.4, -0.2) is 41.4 Å². The second-order valence-electron chi connectivity index (χ2n) is 11.9. The van der Waals surface area contributed by atoms with E-state index in [1.807, 2.05) is 6.08 Å². The fourth-order valence-electron chi connectivity index (χ4n) is 10.7. The predicted octanol–water partition coefficient (Wildman–Crippen LogP) is 3.99. The van der Waals surface area contributed by atoms with Crippen molar-refractivity contribution >= 4 is 11.8 Å². The number of nitrogens with zero attached hydrogens (tertiary/aromatic N) is 1. The minimum atomic E-state index is -0.603. The van der Waals surface area contributed by atoms with Crippen LogP contribution in [-0.2, 0) is 14.3 Å². The van der Waals surface area contributed by atoms with Gasteiger partial charge in [0, 0.05) is 32.0 Å². The Morgan fingerprint density at radius 2 is 2.07 bits per heavy atom. The summed E-state index contributed by atoms with van der Waals surface area (Å²) in [4.78, 5) is 28.6. The van der Waals surface area contributed by atoms with E-state index in [0.29, 0.717) is 28.6 Å². The fourth-order valence-corrected chi connectivity index (χ4v) is 10.7. The molecule has 0 amide bonds. The highest BCUT2D eigenvalue weighted by atomic mass is 16.6. The molecule has 7 aliphatic rings. The largest absolute Gasteiger partial charge is 0.459 e. The normalized spacial score (nSPS) is 56.9. The van der Waals surface area contributed by atoms with Crippen LogP contribution in [0.25, 0.3) is 0 Å². The molecule has 2 spiro atoms. The summed E-state index contributed by atoms with van der Waals surface area (Å²) in [6.07, 6.45) is 10.2. The van der Waals surface area contributed by atoms with Crippen molar-refractivity contribution in [1.82, 2.24) is 4.90 Å². The summed E-state index contributed by atoms with van der Waals surface area (Å²) in [5.41, 5.74) is 0.102. The smallest absolute Gasteiger partial charge is 0.303 e. The topological polar surface area (TPSA) is 46.6 Å². The van der Waals surface area contributed by atoms with Crippen LogP contribution >= 0.6 is 0 Å². The Morgan fingerprint density at radius 3 is 2.79 bits per heavy atom. The molecule has 6 aliphatic carbocycles. The quantitative estimate of drug-likeness (QED) is 0.534. The van der Waals surface area contributed by atoms with Crippen LogP contribution in [0.5, 0.6) is 0 Å². The number of hydrogen-bond donors (Lipinski definition) is 0. The second kappa shape index (κ2) is 5.36. The molecule has 1 aliphatic heterocycles. The Labute approximate surface area is 174 Å². The summed E-state index contributed by atoms with van der Waals surface area (Å²) in [5, 5.41) is 0. The van der Waals surface area contributed by atoms with E-state index in [0.717, 1.165) is 38.3 Å². The lowest BCUT2D eigenvalue weighted by Crippen LogP contribution is -2.67. The number of esters is 1. The Balaban J connectivity index is 1.54. The van der Waals surface area contributed by atoms with Crippen molar-refractivity contribution in [1.29, 1.82) is 0 Å². The third-order valence-corrected chi connectivity index (χ3v) is 10.8. The molecule has 0 N–H and O–H groups in total. The molecule has 29 heavy (non-hydrogen) atoms. The lowest BCUT2D eigenvalue weighted by atomic mass is 9.39. The standard InChI is InChI=1S/C25H35NO3/c1-5-11-26-14-22(3)8-6-9-25-17(22)7-10-24-13-23(4,29-15(2)27)16(12-18(24)25)20(28)19(24)21(25)26/h5,16-19,21H,1,6-14H2,2-4H3/t16?,17-,18?,19?,21?,22?,23?,24+,25?/m1/s1. The van der Waals surface area contributed by atoms with Gasteiger partial charge in [0.25, 0.3) is 0 Å². The molecule has 158 valence electrons. The number of carbonyl (C=O) groups is 2. The van der Waals surface area contributed by atoms with Crippen LogP contribution in [0.1, 0.15) is 65.7 Å². The van der Waals surface area contributed by atoms with E-state index in [2.05, 4.69) is 25.3 Å². The average molecular weight is 398 g/mol. The van der Waals surface area contributed by atoms with Gasteiger partial charge in [0.15, 0.2) is 0 Å². The minimum Gasteiger partial charge on any atom is -0.459 e. The van der Waals surface area contributed by atoms with E-state index in [-0.39, 0.29) is 23.2 Å². The first kappa shape index (κ1) is 18.6. The summed E-state index contributed by atoms with van der Waals surface area (Å²) < 4.78 is 5.91. The number of fused-ring (bicyclic) bond motifs is 1. The SMILES string of the molecule is C=CCN1CC2(C)CCCC34C1C1C(=O)C5CC3[C@]1(CC[C@H]24)CC5(C)OC(C)=O. The van der Waals surface area contributed by atoms with E-state index in [9.17, 15) is 9.59 Å². The predicted molar refractivity (Wildman–Crippen MR) is 110 cm³/mol. The van der Waals surface area contributed by atoms with Gasteiger partial charge in [-0.15, -0.1) is 6.58 Å². The third kappa shape index (κ3) is 1.88. The maximum absolute atomic E-state index is 14.0. The van der Waals surface area contributed by atoms with Crippen molar-refractivity contribution in [3.63, 3.8) is 0 Å². The highest BCUT2D eigenvalue weighted by molar-refractivity contribution is 5.90. The molecule has 6 saturated carbocycles.